The summed E-state index contributed by atoms with van der Waals surface area (Å²) < 4.78 is 13.8. The number of hydrogen-bond donors (Lipinski definition) is 0. The summed E-state index contributed by atoms with van der Waals surface area (Å²) in [6, 6.07) is 5.39. The Hall–Kier alpha value is -1.36. The van der Waals surface area contributed by atoms with Crippen molar-refractivity contribution in [1.82, 2.24) is 0 Å². The summed E-state index contributed by atoms with van der Waals surface area (Å²) in [6.07, 6.45) is 0.266. The van der Waals surface area contributed by atoms with Gasteiger partial charge in [-0.05, 0) is 35.1 Å². The van der Waals surface area contributed by atoms with Gasteiger partial charge < -0.3 is 0 Å². The van der Waals surface area contributed by atoms with Crippen LogP contribution in [0.3, 0.4) is 0 Å². The number of rotatable bonds is 1. The van der Waals surface area contributed by atoms with Gasteiger partial charge in [0.1, 0.15) is 5.82 Å². The lowest BCUT2D eigenvalue weighted by molar-refractivity contribution is 0.518. The molecule has 0 aliphatic heterocycles. The van der Waals surface area contributed by atoms with E-state index in [1.165, 1.54) is 6.07 Å². The van der Waals surface area contributed by atoms with Crippen molar-refractivity contribution in [2.45, 2.75) is 39.5 Å². The van der Waals surface area contributed by atoms with Crippen molar-refractivity contribution in [3.8, 4) is 6.07 Å². The molecule has 0 heterocycles. The molecular formula is C13H16FN. The molecule has 0 amide bonds. The summed E-state index contributed by atoms with van der Waals surface area (Å²) >= 11 is 0. The second kappa shape index (κ2) is 4.02. The summed E-state index contributed by atoms with van der Waals surface area (Å²) in [7, 11) is 0. The molecule has 0 saturated heterocycles. The zero-order valence-corrected chi connectivity index (χ0v) is 9.69. The number of nitriles is 1. The summed E-state index contributed by atoms with van der Waals surface area (Å²) in [5, 5.41) is 8.56. The lowest BCUT2D eigenvalue weighted by Gasteiger charge is -2.22. The Labute approximate surface area is 90.5 Å². The lowest BCUT2D eigenvalue weighted by Crippen LogP contribution is -2.16. The van der Waals surface area contributed by atoms with Crippen LogP contribution in [0.25, 0.3) is 0 Å². The highest BCUT2D eigenvalue weighted by Gasteiger charge is 2.21. The van der Waals surface area contributed by atoms with Gasteiger partial charge in [0.25, 0.3) is 0 Å². The average Bonchev–Trinajstić information content (AvgIpc) is 1.99. The Morgan fingerprint density at radius 3 is 2.33 bits per heavy atom. The zero-order valence-electron chi connectivity index (χ0n) is 9.69. The molecule has 1 nitrogen and oxygen atoms in total. The smallest absolute Gasteiger partial charge is 0.127 e. The second-order valence-corrected chi connectivity index (χ2v) is 4.85. The molecule has 0 unspecified atom stereocenters. The van der Waals surface area contributed by atoms with Gasteiger partial charge in [-0.25, -0.2) is 4.39 Å². The van der Waals surface area contributed by atoms with Gasteiger partial charge >= 0.3 is 0 Å². The average molecular weight is 205 g/mol. The highest BCUT2D eigenvalue weighted by Crippen LogP contribution is 2.29. The molecule has 2 heteroatoms. The van der Waals surface area contributed by atoms with Gasteiger partial charge in [0.15, 0.2) is 0 Å². The van der Waals surface area contributed by atoms with Gasteiger partial charge in [-0.3, -0.25) is 0 Å². The predicted molar refractivity (Wildman–Crippen MR) is 59.2 cm³/mol. The Morgan fingerprint density at radius 1 is 1.33 bits per heavy atom. The van der Waals surface area contributed by atoms with E-state index in [9.17, 15) is 4.39 Å². The first kappa shape index (κ1) is 11.7. The fourth-order valence-electron chi connectivity index (χ4n) is 1.96. The van der Waals surface area contributed by atoms with Crippen LogP contribution in [-0.4, -0.2) is 0 Å². The van der Waals surface area contributed by atoms with Crippen molar-refractivity contribution in [3.05, 3.63) is 34.6 Å². The summed E-state index contributed by atoms with van der Waals surface area (Å²) in [6.45, 7) is 7.86. The summed E-state index contributed by atoms with van der Waals surface area (Å²) in [5.74, 6) is -0.201. The minimum atomic E-state index is -0.201. The third-order valence-electron chi connectivity index (χ3n) is 2.38. The van der Waals surface area contributed by atoms with Crippen LogP contribution in [0.1, 0.15) is 37.5 Å². The molecule has 0 aliphatic rings. The SMILES string of the molecule is Cc1cc(CC#N)cc(F)c1C(C)(C)C. The Kier molecular flexibility index (Phi) is 3.14. The van der Waals surface area contributed by atoms with E-state index in [2.05, 4.69) is 0 Å². The van der Waals surface area contributed by atoms with E-state index >= 15 is 0 Å². The molecule has 1 rings (SSSR count). The van der Waals surface area contributed by atoms with Crippen LogP contribution in [0.5, 0.6) is 0 Å². The normalized spacial score (nSPS) is 11.2. The quantitative estimate of drug-likeness (QED) is 0.688. The molecule has 1 aromatic rings. The standard InChI is InChI=1S/C13H16FN/c1-9-7-10(5-6-15)8-11(14)12(9)13(2,3)4/h7-8H,5H2,1-4H3. The van der Waals surface area contributed by atoms with Crippen LogP contribution in [0, 0.1) is 24.1 Å². The van der Waals surface area contributed by atoms with E-state index in [0.717, 1.165) is 16.7 Å². The van der Waals surface area contributed by atoms with Crippen LogP contribution in [0.2, 0.25) is 0 Å². The second-order valence-electron chi connectivity index (χ2n) is 4.85. The first-order valence-electron chi connectivity index (χ1n) is 5.02. The zero-order chi connectivity index (χ0) is 11.6. The molecule has 0 N–H and O–H groups in total. The minimum Gasteiger partial charge on any atom is -0.207 e. The van der Waals surface area contributed by atoms with E-state index in [-0.39, 0.29) is 17.7 Å². The molecule has 80 valence electrons. The number of aryl methyl sites for hydroxylation is 1. The molecule has 15 heavy (non-hydrogen) atoms. The van der Waals surface area contributed by atoms with Crippen LogP contribution >= 0.6 is 0 Å². The maximum atomic E-state index is 13.8. The van der Waals surface area contributed by atoms with Crippen LogP contribution in [0.15, 0.2) is 12.1 Å². The number of nitrogens with zero attached hydrogens (tertiary/aromatic N) is 1. The van der Waals surface area contributed by atoms with Crippen molar-refractivity contribution in [3.63, 3.8) is 0 Å². The number of halogens is 1. The molecule has 0 spiro atoms. The van der Waals surface area contributed by atoms with Crippen LogP contribution < -0.4 is 0 Å². The predicted octanol–water partition coefficient (Wildman–Crippen LogP) is 3.50. The minimum absolute atomic E-state index is 0.195. The Morgan fingerprint density at radius 2 is 1.93 bits per heavy atom. The highest BCUT2D eigenvalue weighted by atomic mass is 19.1. The summed E-state index contributed by atoms with van der Waals surface area (Å²) in [5.41, 5.74) is 2.22. The van der Waals surface area contributed by atoms with Crippen molar-refractivity contribution in [2.75, 3.05) is 0 Å². The van der Waals surface area contributed by atoms with Crippen LogP contribution in [0.4, 0.5) is 4.39 Å². The molecule has 0 atom stereocenters. The van der Waals surface area contributed by atoms with E-state index < -0.39 is 0 Å². The lowest BCUT2D eigenvalue weighted by atomic mass is 9.83. The third-order valence-corrected chi connectivity index (χ3v) is 2.38. The fraction of sp³-hybridized carbons (Fsp3) is 0.462. The van der Waals surface area contributed by atoms with Crippen molar-refractivity contribution in [1.29, 1.82) is 5.26 Å². The third kappa shape index (κ3) is 2.56. The first-order valence-corrected chi connectivity index (χ1v) is 5.02. The van der Waals surface area contributed by atoms with Crippen LogP contribution in [-0.2, 0) is 11.8 Å². The molecule has 0 radical (unpaired) electrons. The van der Waals surface area contributed by atoms with Gasteiger partial charge in [0.2, 0.25) is 0 Å². The Balaban J connectivity index is 3.29. The molecule has 0 bridgehead atoms. The molecule has 0 saturated carbocycles. The molecule has 1 aromatic carbocycles. The van der Waals surface area contributed by atoms with Crippen molar-refractivity contribution < 1.29 is 4.39 Å². The van der Waals surface area contributed by atoms with E-state index in [4.69, 9.17) is 5.26 Å². The number of hydrogen-bond acceptors (Lipinski definition) is 1. The molecule has 0 aliphatic carbocycles. The maximum absolute atomic E-state index is 13.8. The largest absolute Gasteiger partial charge is 0.207 e. The molecular weight excluding hydrogens is 189 g/mol. The monoisotopic (exact) mass is 205 g/mol. The van der Waals surface area contributed by atoms with E-state index in [1.54, 1.807) is 0 Å². The van der Waals surface area contributed by atoms with Crippen molar-refractivity contribution in [2.24, 2.45) is 0 Å². The van der Waals surface area contributed by atoms with E-state index in [1.807, 2.05) is 39.8 Å². The topological polar surface area (TPSA) is 23.8 Å². The van der Waals surface area contributed by atoms with Gasteiger partial charge in [-0.1, -0.05) is 26.8 Å². The fourth-order valence-corrected chi connectivity index (χ4v) is 1.96. The number of benzene rings is 1. The first-order chi connectivity index (χ1) is 6.86. The van der Waals surface area contributed by atoms with Gasteiger partial charge in [0.05, 0.1) is 12.5 Å². The van der Waals surface area contributed by atoms with Crippen molar-refractivity contribution >= 4 is 0 Å². The van der Waals surface area contributed by atoms with Gasteiger partial charge in [-0.2, -0.15) is 5.26 Å². The van der Waals surface area contributed by atoms with E-state index in [0.29, 0.717) is 0 Å². The maximum Gasteiger partial charge on any atom is 0.127 e. The molecule has 0 fully saturated rings. The summed E-state index contributed by atoms with van der Waals surface area (Å²) in [4.78, 5) is 0. The highest BCUT2D eigenvalue weighted by molar-refractivity contribution is 5.37. The van der Waals surface area contributed by atoms with Gasteiger partial charge in [-0.15, -0.1) is 0 Å². The van der Waals surface area contributed by atoms with Gasteiger partial charge in [0, 0.05) is 0 Å². The Bertz CT molecular complexity index is 385. The molecule has 0 aromatic heterocycles.